The minimum Gasteiger partial charge on any atom is -0.488 e. The van der Waals surface area contributed by atoms with Crippen LogP contribution in [0.3, 0.4) is 0 Å². The van der Waals surface area contributed by atoms with Crippen LogP contribution in [0.15, 0.2) is 52.3 Å². The quantitative estimate of drug-likeness (QED) is 0.407. The molecule has 1 saturated heterocycles. The molecule has 1 aromatic heterocycles. The summed E-state index contributed by atoms with van der Waals surface area (Å²) < 4.78 is 7.20. The molecule has 3 aromatic rings. The molecule has 0 saturated carbocycles. The normalized spacial score (nSPS) is 14.6. The van der Waals surface area contributed by atoms with E-state index in [1.54, 1.807) is 0 Å². The maximum atomic E-state index is 13.0. The number of hydrogen-bond acceptors (Lipinski definition) is 4. The molecule has 0 aliphatic carbocycles. The lowest BCUT2D eigenvalue weighted by molar-refractivity contribution is 0.0633. The molecule has 1 fully saturated rings. The zero-order valence-electron chi connectivity index (χ0n) is 18.9. The van der Waals surface area contributed by atoms with Gasteiger partial charge < -0.3 is 9.64 Å². The summed E-state index contributed by atoms with van der Waals surface area (Å²) in [7, 11) is 0. The van der Waals surface area contributed by atoms with Gasteiger partial charge in [0.15, 0.2) is 0 Å². The van der Waals surface area contributed by atoms with Gasteiger partial charge in [-0.3, -0.25) is 9.69 Å². The van der Waals surface area contributed by atoms with Crippen molar-refractivity contribution in [3.8, 4) is 5.75 Å². The summed E-state index contributed by atoms with van der Waals surface area (Å²) in [5.74, 6) is 1.07. The van der Waals surface area contributed by atoms with E-state index in [1.165, 1.54) is 22.5 Å². The van der Waals surface area contributed by atoms with Gasteiger partial charge in [0.05, 0.1) is 4.88 Å². The van der Waals surface area contributed by atoms with Crippen molar-refractivity contribution in [2.24, 2.45) is 0 Å². The van der Waals surface area contributed by atoms with Crippen LogP contribution < -0.4 is 4.74 Å². The number of carbonyl (C=O) groups is 1. The molecular formula is C26H29BrN2O2S. The van der Waals surface area contributed by atoms with Crippen LogP contribution in [0.5, 0.6) is 5.75 Å². The fourth-order valence-electron chi connectivity index (χ4n) is 4.27. The standard InChI is InChI=1S/C26H29BrN2O2S/c1-18-11-19(2)25(20(3)12-18)31-16-22-14-24(32-17-22)26(30)29-9-7-28(8-10-29)15-21-5-4-6-23(27)13-21/h4-6,11-14,17H,7-10,15-16H2,1-3H3. The molecule has 2 heterocycles. The van der Waals surface area contributed by atoms with Crippen molar-refractivity contribution in [2.75, 3.05) is 26.2 Å². The Morgan fingerprint density at radius 2 is 1.72 bits per heavy atom. The molecule has 168 valence electrons. The number of benzene rings is 2. The lowest BCUT2D eigenvalue weighted by atomic mass is 10.1. The molecule has 0 unspecified atom stereocenters. The van der Waals surface area contributed by atoms with Crippen molar-refractivity contribution in [2.45, 2.75) is 33.9 Å². The van der Waals surface area contributed by atoms with E-state index in [-0.39, 0.29) is 5.91 Å². The number of nitrogens with zero attached hydrogens (tertiary/aromatic N) is 2. The molecule has 1 aliphatic heterocycles. The maximum absolute atomic E-state index is 13.0. The number of halogens is 1. The minimum absolute atomic E-state index is 0.131. The summed E-state index contributed by atoms with van der Waals surface area (Å²) in [5.41, 5.74) is 5.88. The van der Waals surface area contributed by atoms with Gasteiger partial charge in [0.2, 0.25) is 0 Å². The first-order valence-electron chi connectivity index (χ1n) is 10.9. The van der Waals surface area contributed by atoms with Gasteiger partial charge in [0.1, 0.15) is 12.4 Å². The molecule has 1 amide bonds. The van der Waals surface area contributed by atoms with E-state index in [4.69, 9.17) is 4.74 Å². The first-order valence-corrected chi connectivity index (χ1v) is 12.6. The second-order valence-electron chi connectivity index (χ2n) is 8.53. The van der Waals surface area contributed by atoms with Crippen LogP contribution in [-0.4, -0.2) is 41.9 Å². The molecule has 2 aromatic carbocycles. The van der Waals surface area contributed by atoms with Crippen molar-refractivity contribution in [3.05, 3.63) is 85.0 Å². The Hall–Kier alpha value is -2.15. The number of hydrogen-bond donors (Lipinski definition) is 0. The van der Waals surface area contributed by atoms with Crippen LogP contribution in [0.1, 0.15) is 37.5 Å². The molecular weight excluding hydrogens is 484 g/mol. The molecule has 6 heteroatoms. The fraction of sp³-hybridized carbons (Fsp3) is 0.346. The summed E-state index contributed by atoms with van der Waals surface area (Å²) in [6, 6.07) is 14.7. The number of ether oxygens (including phenoxy) is 1. The van der Waals surface area contributed by atoms with Gasteiger partial charge in [0, 0.05) is 42.8 Å². The Labute approximate surface area is 202 Å². The zero-order chi connectivity index (χ0) is 22.7. The molecule has 0 N–H and O–H groups in total. The van der Waals surface area contributed by atoms with E-state index in [1.807, 2.05) is 22.4 Å². The van der Waals surface area contributed by atoms with Crippen molar-refractivity contribution < 1.29 is 9.53 Å². The molecule has 32 heavy (non-hydrogen) atoms. The SMILES string of the molecule is Cc1cc(C)c(OCc2csc(C(=O)N3CCN(Cc4cccc(Br)c4)CC3)c2)c(C)c1. The number of thiophene rings is 1. The van der Waals surface area contributed by atoms with Crippen LogP contribution in [-0.2, 0) is 13.2 Å². The van der Waals surface area contributed by atoms with Crippen LogP contribution >= 0.6 is 27.3 Å². The largest absolute Gasteiger partial charge is 0.488 e. The molecule has 1 aliphatic rings. The number of amides is 1. The van der Waals surface area contributed by atoms with Crippen molar-refractivity contribution in [1.82, 2.24) is 9.80 Å². The molecule has 0 radical (unpaired) electrons. The third-order valence-electron chi connectivity index (χ3n) is 5.81. The van der Waals surface area contributed by atoms with Gasteiger partial charge in [-0.1, -0.05) is 45.8 Å². The Balaban J connectivity index is 1.30. The van der Waals surface area contributed by atoms with Crippen molar-refractivity contribution >= 4 is 33.2 Å². The highest BCUT2D eigenvalue weighted by Crippen LogP contribution is 2.26. The highest BCUT2D eigenvalue weighted by atomic mass is 79.9. The van der Waals surface area contributed by atoms with Crippen LogP contribution in [0.25, 0.3) is 0 Å². The van der Waals surface area contributed by atoms with E-state index in [0.29, 0.717) is 6.61 Å². The summed E-state index contributed by atoms with van der Waals surface area (Å²) in [6.07, 6.45) is 0. The van der Waals surface area contributed by atoms with Crippen LogP contribution in [0.2, 0.25) is 0 Å². The molecule has 4 nitrogen and oxygen atoms in total. The average Bonchev–Trinajstić information content (AvgIpc) is 3.22. The first kappa shape index (κ1) is 23.0. The molecule has 4 rings (SSSR count). The van der Waals surface area contributed by atoms with Crippen LogP contribution in [0.4, 0.5) is 0 Å². The van der Waals surface area contributed by atoms with Gasteiger partial charge in [-0.05, 0) is 61.0 Å². The lowest BCUT2D eigenvalue weighted by Gasteiger charge is -2.34. The summed E-state index contributed by atoms with van der Waals surface area (Å²) in [5, 5.41) is 2.04. The molecule has 0 bridgehead atoms. The van der Waals surface area contributed by atoms with E-state index >= 15 is 0 Å². The third-order valence-corrected chi connectivity index (χ3v) is 7.27. The van der Waals surface area contributed by atoms with Gasteiger partial charge in [-0.2, -0.15) is 0 Å². The second kappa shape index (κ2) is 10.2. The summed E-state index contributed by atoms with van der Waals surface area (Å²) in [6.45, 7) is 11.0. The summed E-state index contributed by atoms with van der Waals surface area (Å²) in [4.78, 5) is 18.2. The van der Waals surface area contributed by atoms with E-state index in [0.717, 1.165) is 64.5 Å². The number of rotatable bonds is 6. The predicted octanol–water partition coefficient (Wildman–Crippen LogP) is 5.97. The number of piperazine rings is 1. The highest BCUT2D eigenvalue weighted by Gasteiger charge is 2.23. The Kier molecular flexibility index (Phi) is 7.33. The van der Waals surface area contributed by atoms with Gasteiger partial charge in [-0.25, -0.2) is 0 Å². The van der Waals surface area contributed by atoms with Crippen molar-refractivity contribution in [1.29, 1.82) is 0 Å². The van der Waals surface area contributed by atoms with Gasteiger partial charge in [0.25, 0.3) is 5.91 Å². The van der Waals surface area contributed by atoms with Gasteiger partial charge in [-0.15, -0.1) is 11.3 Å². The first-order chi connectivity index (χ1) is 15.4. The van der Waals surface area contributed by atoms with Crippen LogP contribution in [0, 0.1) is 20.8 Å². The second-order valence-corrected chi connectivity index (χ2v) is 10.4. The van der Waals surface area contributed by atoms with Gasteiger partial charge >= 0.3 is 0 Å². The minimum atomic E-state index is 0.131. The van der Waals surface area contributed by atoms with E-state index < -0.39 is 0 Å². The number of aryl methyl sites for hydroxylation is 3. The smallest absolute Gasteiger partial charge is 0.264 e. The van der Waals surface area contributed by atoms with E-state index in [9.17, 15) is 4.79 Å². The Morgan fingerprint density at radius 1 is 1.00 bits per heavy atom. The average molecular weight is 514 g/mol. The highest BCUT2D eigenvalue weighted by molar-refractivity contribution is 9.10. The lowest BCUT2D eigenvalue weighted by Crippen LogP contribution is -2.48. The monoisotopic (exact) mass is 512 g/mol. The third kappa shape index (κ3) is 5.61. The Bertz CT molecular complexity index is 1080. The molecule has 0 atom stereocenters. The van der Waals surface area contributed by atoms with Crippen molar-refractivity contribution in [3.63, 3.8) is 0 Å². The summed E-state index contributed by atoms with van der Waals surface area (Å²) >= 11 is 5.05. The zero-order valence-corrected chi connectivity index (χ0v) is 21.3. The van der Waals surface area contributed by atoms with E-state index in [2.05, 4.69) is 71.9 Å². The number of carbonyl (C=O) groups excluding carboxylic acids is 1. The Morgan fingerprint density at radius 3 is 2.41 bits per heavy atom. The fourth-order valence-corrected chi connectivity index (χ4v) is 5.58. The topological polar surface area (TPSA) is 32.8 Å². The molecule has 0 spiro atoms. The predicted molar refractivity (Wildman–Crippen MR) is 135 cm³/mol. The maximum Gasteiger partial charge on any atom is 0.264 e.